The van der Waals surface area contributed by atoms with Crippen LogP contribution in [-0.2, 0) is 28.9 Å². The number of carbonyl (C=O) groups is 2. The van der Waals surface area contributed by atoms with Gasteiger partial charge in [0.15, 0.2) is 5.82 Å². The molecule has 5 rings (SSSR count). The molecule has 37 heavy (non-hydrogen) atoms. The van der Waals surface area contributed by atoms with Crippen molar-refractivity contribution in [2.24, 2.45) is 5.92 Å². The summed E-state index contributed by atoms with van der Waals surface area (Å²) in [5.41, 5.74) is 2.31. The number of hydrogen-bond donors (Lipinski definition) is 2. The summed E-state index contributed by atoms with van der Waals surface area (Å²) < 4.78 is 0. The van der Waals surface area contributed by atoms with Gasteiger partial charge >= 0.3 is 0 Å². The van der Waals surface area contributed by atoms with Crippen molar-refractivity contribution in [3.05, 3.63) is 83.0 Å². The van der Waals surface area contributed by atoms with Crippen LogP contribution in [0.3, 0.4) is 0 Å². The van der Waals surface area contributed by atoms with Crippen LogP contribution in [0, 0.1) is 5.92 Å². The first-order valence-corrected chi connectivity index (χ1v) is 13.0. The number of anilines is 2. The maximum Gasteiger partial charge on any atom is 0.232 e. The van der Waals surface area contributed by atoms with Crippen LogP contribution in [0.2, 0.25) is 0 Å². The minimum atomic E-state index is -0.177. The number of carbonyl (C=O) groups excluding carboxylic acids is 2. The van der Waals surface area contributed by atoms with E-state index in [4.69, 9.17) is 0 Å². The first-order chi connectivity index (χ1) is 18.1. The first kappa shape index (κ1) is 24.6. The molecule has 10 nitrogen and oxygen atoms in total. The molecule has 1 fully saturated rings. The standard InChI is InChI=1S/C26H26N8O2S/c35-23(15-19-5-1-3-11-27-19)29-22-10-9-21(31-32-22)14-17-7-8-18(13-17)25-33-34-26(37-25)30-24(36)16-20-6-2-4-12-28-20/h1-6,9-12,17-18H,7-8,13-16H2,(H,29,32,35)(H,30,34,36). The number of amides is 2. The van der Waals surface area contributed by atoms with Gasteiger partial charge in [-0.05, 0) is 68.0 Å². The lowest BCUT2D eigenvalue weighted by Crippen LogP contribution is -2.16. The van der Waals surface area contributed by atoms with Crippen molar-refractivity contribution >= 4 is 34.1 Å². The Morgan fingerprint density at radius 2 is 1.51 bits per heavy atom. The first-order valence-electron chi connectivity index (χ1n) is 12.2. The van der Waals surface area contributed by atoms with Gasteiger partial charge in [-0.1, -0.05) is 23.5 Å². The highest BCUT2D eigenvalue weighted by Gasteiger charge is 2.29. The van der Waals surface area contributed by atoms with E-state index < -0.39 is 0 Å². The van der Waals surface area contributed by atoms with Crippen LogP contribution in [0.5, 0.6) is 0 Å². The molecule has 11 heteroatoms. The Labute approximate surface area is 218 Å². The van der Waals surface area contributed by atoms with Crippen LogP contribution in [0.25, 0.3) is 0 Å². The van der Waals surface area contributed by atoms with E-state index in [0.29, 0.717) is 34.2 Å². The summed E-state index contributed by atoms with van der Waals surface area (Å²) >= 11 is 1.44. The van der Waals surface area contributed by atoms with Gasteiger partial charge in [0.05, 0.1) is 18.5 Å². The van der Waals surface area contributed by atoms with Crippen LogP contribution < -0.4 is 10.6 Å². The molecule has 0 aromatic carbocycles. The minimum Gasteiger partial charge on any atom is -0.309 e. The van der Waals surface area contributed by atoms with E-state index in [1.54, 1.807) is 18.5 Å². The van der Waals surface area contributed by atoms with Crippen molar-refractivity contribution in [3.8, 4) is 0 Å². The van der Waals surface area contributed by atoms with Crippen molar-refractivity contribution < 1.29 is 9.59 Å². The zero-order valence-electron chi connectivity index (χ0n) is 20.1. The van der Waals surface area contributed by atoms with E-state index in [1.165, 1.54) is 11.3 Å². The van der Waals surface area contributed by atoms with Gasteiger partial charge in [-0.3, -0.25) is 19.6 Å². The van der Waals surface area contributed by atoms with E-state index in [9.17, 15) is 9.59 Å². The molecule has 0 spiro atoms. The van der Waals surface area contributed by atoms with Gasteiger partial charge in [-0.15, -0.1) is 15.3 Å². The van der Waals surface area contributed by atoms with Crippen molar-refractivity contribution in [2.75, 3.05) is 10.6 Å². The van der Waals surface area contributed by atoms with Crippen molar-refractivity contribution in [2.45, 2.75) is 44.4 Å². The highest BCUT2D eigenvalue weighted by atomic mass is 32.1. The van der Waals surface area contributed by atoms with E-state index in [0.717, 1.165) is 36.4 Å². The fraction of sp³-hybridized carbons (Fsp3) is 0.308. The topological polar surface area (TPSA) is 136 Å². The molecule has 4 aromatic heterocycles. The molecule has 1 saturated carbocycles. The molecule has 4 heterocycles. The van der Waals surface area contributed by atoms with Gasteiger partial charge in [-0.2, -0.15) is 5.10 Å². The molecule has 1 aliphatic carbocycles. The van der Waals surface area contributed by atoms with Crippen LogP contribution in [0.4, 0.5) is 10.9 Å². The third-order valence-corrected chi connectivity index (χ3v) is 7.20. The van der Waals surface area contributed by atoms with Crippen molar-refractivity contribution in [1.82, 2.24) is 30.4 Å². The maximum absolute atomic E-state index is 12.3. The van der Waals surface area contributed by atoms with E-state index >= 15 is 0 Å². The zero-order chi connectivity index (χ0) is 25.5. The molecule has 188 valence electrons. The summed E-state index contributed by atoms with van der Waals surface area (Å²) in [4.78, 5) is 32.8. The second kappa shape index (κ2) is 11.7. The Kier molecular flexibility index (Phi) is 7.80. The fourth-order valence-corrected chi connectivity index (χ4v) is 5.36. The van der Waals surface area contributed by atoms with E-state index in [2.05, 4.69) is 41.0 Å². The van der Waals surface area contributed by atoms with Gasteiger partial charge < -0.3 is 10.6 Å². The summed E-state index contributed by atoms with van der Waals surface area (Å²) in [5.74, 6) is 0.891. The second-order valence-corrected chi connectivity index (χ2v) is 10.0. The van der Waals surface area contributed by atoms with Crippen LogP contribution in [-0.4, -0.2) is 42.2 Å². The van der Waals surface area contributed by atoms with Gasteiger partial charge in [0, 0.05) is 29.7 Å². The lowest BCUT2D eigenvalue weighted by Gasteiger charge is -2.09. The number of pyridine rings is 2. The van der Waals surface area contributed by atoms with Gasteiger partial charge in [-0.25, -0.2) is 0 Å². The molecule has 0 saturated heterocycles. The summed E-state index contributed by atoms with van der Waals surface area (Å²) in [5, 5.41) is 24.1. The molecule has 1 aliphatic rings. The number of rotatable bonds is 9. The Morgan fingerprint density at radius 1 is 0.784 bits per heavy atom. The van der Waals surface area contributed by atoms with Crippen LogP contribution in [0.15, 0.2) is 60.9 Å². The lowest BCUT2D eigenvalue weighted by molar-refractivity contribution is -0.116. The molecule has 2 unspecified atom stereocenters. The summed E-state index contributed by atoms with van der Waals surface area (Å²) in [6, 6.07) is 14.7. The molecule has 2 amide bonds. The molecule has 0 radical (unpaired) electrons. The van der Waals surface area contributed by atoms with E-state index in [1.807, 2.05) is 42.5 Å². The predicted octanol–water partition coefficient (Wildman–Crippen LogP) is 3.61. The Hall–Kier alpha value is -4.12. The number of nitrogens with zero attached hydrogens (tertiary/aromatic N) is 6. The minimum absolute atomic E-state index is 0.152. The second-order valence-electron chi connectivity index (χ2n) is 9.03. The summed E-state index contributed by atoms with van der Waals surface area (Å²) in [6.45, 7) is 0. The number of aromatic nitrogens is 6. The molecule has 2 N–H and O–H groups in total. The van der Waals surface area contributed by atoms with Gasteiger partial charge in [0.1, 0.15) is 5.01 Å². The molecule has 2 atom stereocenters. The van der Waals surface area contributed by atoms with Crippen molar-refractivity contribution in [1.29, 1.82) is 0 Å². The largest absolute Gasteiger partial charge is 0.309 e. The summed E-state index contributed by atoms with van der Waals surface area (Å²) in [6.07, 6.45) is 7.62. The molecular formula is C26H26N8O2S. The summed E-state index contributed by atoms with van der Waals surface area (Å²) in [7, 11) is 0. The lowest BCUT2D eigenvalue weighted by atomic mass is 10.00. The number of hydrogen-bond acceptors (Lipinski definition) is 9. The van der Waals surface area contributed by atoms with Gasteiger partial charge in [0.2, 0.25) is 16.9 Å². The fourth-order valence-electron chi connectivity index (χ4n) is 4.45. The zero-order valence-corrected chi connectivity index (χ0v) is 20.9. The molecular weight excluding hydrogens is 488 g/mol. The Bertz CT molecular complexity index is 1330. The molecule has 0 aliphatic heterocycles. The highest BCUT2D eigenvalue weighted by molar-refractivity contribution is 7.15. The highest BCUT2D eigenvalue weighted by Crippen LogP contribution is 2.41. The van der Waals surface area contributed by atoms with Crippen LogP contribution >= 0.6 is 11.3 Å². The van der Waals surface area contributed by atoms with Gasteiger partial charge in [0.25, 0.3) is 0 Å². The van der Waals surface area contributed by atoms with Crippen LogP contribution in [0.1, 0.15) is 47.3 Å². The monoisotopic (exact) mass is 514 g/mol. The third kappa shape index (κ3) is 6.98. The quantitative estimate of drug-likeness (QED) is 0.346. The predicted molar refractivity (Wildman–Crippen MR) is 139 cm³/mol. The van der Waals surface area contributed by atoms with Crippen molar-refractivity contribution in [3.63, 3.8) is 0 Å². The maximum atomic E-state index is 12.3. The molecule has 4 aromatic rings. The Balaban J connectivity index is 1.08. The Morgan fingerprint density at radius 3 is 2.16 bits per heavy atom. The average molecular weight is 515 g/mol. The molecule has 0 bridgehead atoms. The SMILES string of the molecule is O=C(Cc1ccccn1)Nc1ccc(CC2CCC(c3nnc(NC(=O)Cc4ccccn4)s3)C2)nn1. The third-order valence-electron chi connectivity index (χ3n) is 6.20. The average Bonchev–Trinajstić information content (AvgIpc) is 3.56. The smallest absolute Gasteiger partial charge is 0.232 e. The normalized spacial score (nSPS) is 16.9. The number of nitrogens with one attached hydrogen (secondary N) is 2. The van der Waals surface area contributed by atoms with E-state index in [-0.39, 0.29) is 24.7 Å².